The first-order valence-corrected chi connectivity index (χ1v) is 7.63. The van der Waals surface area contributed by atoms with E-state index in [1.807, 2.05) is 19.1 Å². The fraction of sp³-hybridized carbons (Fsp3) is 0.357. The third-order valence-corrected chi connectivity index (χ3v) is 4.01. The molecule has 116 valence electrons. The number of anilines is 1. The van der Waals surface area contributed by atoms with Crippen molar-refractivity contribution in [2.45, 2.75) is 19.4 Å². The standard InChI is InChI=1S/C14H15BrN4O3/c1-3-22-11-5-8(4-9(15)13(11)21-2)10-6-12(20)18-14-16-7-17-19(10)14/h4-5,7,10H,3,6H2,1-2H3,(H,16,17,18,20)/t10-/m0/s1. The Morgan fingerprint density at radius 3 is 3.05 bits per heavy atom. The van der Waals surface area contributed by atoms with E-state index >= 15 is 0 Å². The number of ether oxygens (including phenoxy) is 2. The molecule has 7 nitrogen and oxygen atoms in total. The van der Waals surface area contributed by atoms with Crippen molar-refractivity contribution >= 4 is 27.8 Å². The van der Waals surface area contributed by atoms with Crippen LogP contribution in [0, 0.1) is 0 Å². The Labute approximate surface area is 135 Å². The largest absolute Gasteiger partial charge is 0.492 e. The molecule has 0 spiro atoms. The molecular formula is C14H15BrN4O3. The molecule has 2 aromatic rings. The van der Waals surface area contributed by atoms with Gasteiger partial charge in [0.25, 0.3) is 0 Å². The van der Waals surface area contributed by atoms with Crippen LogP contribution in [0.5, 0.6) is 11.5 Å². The number of benzene rings is 1. The molecule has 3 rings (SSSR count). The van der Waals surface area contributed by atoms with Gasteiger partial charge in [0.05, 0.1) is 30.7 Å². The minimum Gasteiger partial charge on any atom is -0.492 e. The lowest BCUT2D eigenvalue weighted by atomic mass is 10.0. The Morgan fingerprint density at radius 2 is 2.32 bits per heavy atom. The van der Waals surface area contributed by atoms with Gasteiger partial charge in [0.2, 0.25) is 11.9 Å². The first-order chi connectivity index (χ1) is 10.6. The Morgan fingerprint density at radius 1 is 1.50 bits per heavy atom. The van der Waals surface area contributed by atoms with E-state index in [-0.39, 0.29) is 11.9 Å². The molecule has 0 unspecified atom stereocenters. The highest BCUT2D eigenvalue weighted by atomic mass is 79.9. The minimum atomic E-state index is -0.229. The first kappa shape index (κ1) is 14.8. The van der Waals surface area contributed by atoms with E-state index in [1.165, 1.54) is 6.33 Å². The lowest BCUT2D eigenvalue weighted by molar-refractivity contribution is -0.117. The van der Waals surface area contributed by atoms with E-state index in [9.17, 15) is 4.79 Å². The molecule has 0 saturated carbocycles. The number of hydrogen-bond acceptors (Lipinski definition) is 5. The number of rotatable bonds is 4. The molecule has 1 aliphatic rings. The summed E-state index contributed by atoms with van der Waals surface area (Å²) < 4.78 is 13.5. The van der Waals surface area contributed by atoms with E-state index in [4.69, 9.17) is 9.47 Å². The van der Waals surface area contributed by atoms with Gasteiger partial charge in [0.15, 0.2) is 11.5 Å². The summed E-state index contributed by atoms with van der Waals surface area (Å²) in [4.78, 5) is 15.9. The van der Waals surface area contributed by atoms with Crippen molar-refractivity contribution in [1.29, 1.82) is 0 Å². The summed E-state index contributed by atoms with van der Waals surface area (Å²) in [5, 5.41) is 6.90. The third kappa shape index (κ3) is 2.54. The molecular weight excluding hydrogens is 352 g/mol. The topological polar surface area (TPSA) is 78.3 Å². The lowest BCUT2D eigenvalue weighted by Crippen LogP contribution is -2.29. The quantitative estimate of drug-likeness (QED) is 0.898. The van der Waals surface area contributed by atoms with Gasteiger partial charge in [-0.25, -0.2) is 4.68 Å². The molecule has 0 radical (unpaired) electrons. The molecule has 1 N–H and O–H groups in total. The van der Waals surface area contributed by atoms with Gasteiger partial charge in [0.1, 0.15) is 6.33 Å². The lowest BCUT2D eigenvalue weighted by Gasteiger charge is -2.24. The second-order valence-corrected chi connectivity index (χ2v) is 5.62. The molecule has 1 aromatic heterocycles. The molecule has 1 aliphatic heterocycles. The van der Waals surface area contributed by atoms with Gasteiger partial charge in [-0.15, -0.1) is 0 Å². The highest BCUT2D eigenvalue weighted by Crippen LogP contribution is 2.40. The van der Waals surface area contributed by atoms with E-state index in [0.29, 0.717) is 30.5 Å². The fourth-order valence-corrected chi connectivity index (χ4v) is 3.13. The van der Waals surface area contributed by atoms with E-state index in [0.717, 1.165) is 10.0 Å². The van der Waals surface area contributed by atoms with Crippen molar-refractivity contribution in [2.75, 3.05) is 19.0 Å². The highest BCUT2D eigenvalue weighted by Gasteiger charge is 2.29. The maximum absolute atomic E-state index is 11.9. The van der Waals surface area contributed by atoms with Gasteiger partial charge in [0, 0.05) is 0 Å². The predicted octanol–water partition coefficient (Wildman–Crippen LogP) is 2.38. The number of aromatic nitrogens is 3. The molecule has 22 heavy (non-hydrogen) atoms. The smallest absolute Gasteiger partial charge is 0.229 e. The summed E-state index contributed by atoms with van der Waals surface area (Å²) in [5.74, 6) is 1.62. The molecule has 1 aromatic carbocycles. The molecule has 0 fully saturated rings. The Bertz CT molecular complexity index is 716. The predicted molar refractivity (Wildman–Crippen MR) is 83.3 cm³/mol. The fourth-order valence-electron chi connectivity index (χ4n) is 2.51. The number of methoxy groups -OCH3 is 1. The van der Waals surface area contributed by atoms with E-state index in [2.05, 4.69) is 31.3 Å². The van der Waals surface area contributed by atoms with Crippen LogP contribution in [0.2, 0.25) is 0 Å². The van der Waals surface area contributed by atoms with Crippen molar-refractivity contribution in [3.05, 3.63) is 28.5 Å². The Hall–Kier alpha value is -2.09. The molecule has 0 aliphatic carbocycles. The zero-order valence-electron chi connectivity index (χ0n) is 12.2. The van der Waals surface area contributed by atoms with Crippen LogP contribution < -0.4 is 14.8 Å². The number of nitrogens with zero attached hydrogens (tertiary/aromatic N) is 3. The van der Waals surface area contributed by atoms with Crippen LogP contribution in [0.15, 0.2) is 22.9 Å². The number of carbonyl (C=O) groups is 1. The Balaban J connectivity index is 2.07. The van der Waals surface area contributed by atoms with Crippen LogP contribution in [0.25, 0.3) is 0 Å². The van der Waals surface area contributed by atoms with Gasteiger partial charge in [-0.05, 0) is 40.5 Å². The number of halogens is 1. The molecule has 0 saturated heterocycles. The van der Waals surface area contributed by atoms with Gasteiger partial charge >= 0.3 is 0 Å². The third-order valence-electron chi connectivity index (χ3n) is 3.42. The van der Waals surface area contributed by atoms with E-state index in [1.54, 1.807) is 11.8 Å². The van der Waals surface area contributed by atoms with Crippen molar-refractivity contribution in [2.24, 2.45) is 0 Å². The monoisotopic (exact) mass is 366 g/mol. The first-order valence-electron chi connectivity index (χ1n) is 6.83. The number of nitrogens with one attached hydrogen (secondary N) is 1. The van der Waals surface area contributed by atoms with Crippen LogP contribution in [0.4, 0.5) is 5.95 Å². The zero-order chi connectivity index (χ0) is 15.7. The summed E-state index contributed by atoms with van der Waals surface area (Å²) >= 11 is 3.49. The van der Waals surface area contributed by atoms with Gasteiger partial charge < -0.3 is 9.47 Å². The molecule has 8 heteroatoms. The van der Waals surface area contributed by atoms with Crippen molar-refractivity contribution < 1.29 is 14.3 Å². The van der Waals surface area contributed by atoms with E-state index < -0.39 is 0 Å². The maximum atomic E-state index is 11.9. The number of fused-ring (bicyclic) bond motifs is 1. The number of amides is 1. The van der Waals surface area contributed by atoms with Gasteiger partial charge in [-0.1, -0.05) is 0 Å². The minimum absolute atomic E-state index is 0.0876. The van der Waals surface area contributed by atoms with Crippen LogP contribution in [0.3, 0.4) is 0 Å². The highest BCUT2D eigenvalue weighted by molar-refractivity contribution is 9.10. The number of carbonyl (C=O) groups excluding carboxylic acids is 1. The second-order valence-electron chi connectivity index (χ2n) is 4.76. The SMILES string of the molecule is CCOc1cc([C@@H]2CC(=O)Nc3ncnn32)cc(Br)c1OC. The summed E-state index contributed by atoms with van der Waals surface area (Å²) in [6.07, 6.45) is 1.72. The summed E-state index contributed by atoms with van der Waals surface area (Å²) in [6, 6.07) is 3.56. The van der Waals surface area contributed by atoms with Crippen LogP contribution >= 0.6 is 15.9 Å². The summed E-state index contributed by atoms with van der Waals surface area (Å²) in [7, 11) is 1.59. The molecule has 0 bridgehead atoms. The molecule has 1 amide bonds. The van der Waals surface area contributed by atoms with Crippen molar-refractivity contribution in [3.8, 4) is 11.5 Å². The second kappa shape index (κ2) is 5.96. The summed E-state index contributed by atoms with van der Waals surface area (Å²) in [6.45, 7) is 2.43. The Kier molecular flexibility index (Phi) is 4.02. The van der Waals surface area contributed by atoms with Crippen LogP contribution in [-0.2, 0) is 4.79 Å². The van der Waals surface area contributed by atoms with Gasteiger partial charge in [-0.2, -0.15) is 10.1 Å². The average Bonchev–Trinajstić information content (AvgIpc) is 2.94. The maximum Gasteiger partial charge on any atom is 0.229 e. The normalized spacial score (nSPS) is 16.9. The van der Waals surface area contributed by atoms with Crippen LogP contribution in [0.1, 0.15) is 24.9 Å². The van der Waals surface area contributed by atoms with Crippen molar-refractivity contribution in [1.82, 2.24) is 14.8 Å². The molecule has 2 heterocycles. The van der Waals surface area contributed by atoms with Crippen molar-refractivity contribution in [3.63, 3.8) is 0 Å². The molecule has 1 atom stereocenters. The average molecular weight is 367 g/mol. The zero-order valence-corrected chi connectivity index (χ0v) is 13.8. The number of hydrogen-bond donors (Lipinski definition) is 1. The summed E-state index contributed by atoms with van der Waals surface area (Å²) in [5.41, 5.74) is 0.901. The van der Waals surface area contributed by atoms with Crippen LogP contribution in [-0.4, -0.2) is 34.4 Å². The van der Waals surface area contributed by atoms with Gasteiger partial charge in [-0.3, -0.25) is 10.1 Å².